The highest BCUT2D eigenvalue weighted by atomic mass is 35.5. The molecule has 1 amide bonds. The van der Waals surface area contributed by atoms with E-state index in [-0.39, 0.29) is 5.71 Å². The summed E-state index contributed by atoms with van der Waals surface area (Å²) in [5, 5.41) is 12.3. The fourth-order valence-corrected chi connectivity index (χ4v) is 3.24. The van der Waals surface area contributed by atoms with Crippen molar-refractivity contribution in [2.45, 2.75) is 13.3 Å². The second-order valence-electron chi connectivity index (χ2n) is 5.68. The SMILES string of the molecule is Cc1ccc2c(c1)CC(C(=N)C(N)=O)=C2Nc1ccc(Cl)cc1Cl. The molecule has 2 aromatic carbocycles. The summed E-state index contributed by atoms with van der Waals surface area (Å²) >= 11 is 12.2. The van der Waals surface area contributed by atoms with Gasteiger partial charge >= 0.3 is 0 Å². The van der Waals surface area contributed by atoms with Crippen LogP contribution < -0.4 is 11.1 Å². The first-order chi connectivity index (χ1) is 11.4. The third-order valence-corrected chi connectivity index (χ3v) is 4.49. The molecular weight excluding hydrogens is 345 g/mol. The number of benzene rings is 2. The maximum atomic E-state index is 11.5. The topological polar surface area (TPSA) is 79.0 Å². The molecule has 0 unspecified atom stereocenters. The fourth-order valence-electron chi connectivity index (χ4n) is 2.78. The van der Waals surface area contributed by atoms with E-state index in [2.05, 4.69) is 5.32 Å². The number of fused-ring (bicyclic) bond motifs is 1. The minimum absolute atomic E-state index is 0.198. The van der Waals surface area contributed by atoms with Crippen LogP contribution in [-0.4, -0.2) is 11.6 Å². The van der Waals surface area contributed by atoms with E-state index in [1.54, 1.807) is 18.2 Å². The lowest BCUT2D eigenvalue weighted by Gasteiger charge is -2.13. The predicted molar refractivity (Wildman–Crippen MR) is 98.8 cm³/mol. The van der Waals surface area contributed by atoms with E-state index in [4.69, 9.17) is 34.3 Å². The smallest absolute Gasteiger partial charge is 0.266 e. The summed E-state index contributed by atoms with van der Waals surface area (Å²) < 4.78 is 0. The minimum Gasteiger partial charge on any atom is -0.364 e. The van der Waals surface area contributed by atoms with Gasteiger partial charge in [-0.25, -0.2) is 0 Å². The highest BCUT2D eigenvalue weighted by molar-refractivity contribution is 6.45. The van der Waals surface area contributed by atoms with Crippen LogP contribution in [0.5, 0.6) is 0 Å². The molecule has 4 N–H and O–H groups in total. The van der Waals surface area contributed by atoms with Crippen molar-refractivity contribution in [3.05, 3.63) is 68.7 Å². The van der Waals surface area contributed by atoms with E-state index in [9.17, 15) is 4.79 Å². The van der Waals surface area contributed by atoms with Crippen molar-refractivity contribution >= 4 is 46.2 Å². The molecule has 0 aromatic heterocycles. The van der Waals surface area contributed by atoms with E-state index >= 15 is 0 Å². The Bertz CT molecular complexity index is 903. The number of primary amides is 1. The van der Waals surface area contributed by atoms with Gasteiger partial charge in [-0.15, -0.1) is 0 Å². The molecule has 0 atom stereocenters. The molecule has 24 heavy (non-hydrogen) atoms. The number of amides is 1. The highest BCUT2D eigenvalue weighted by Crippen LogP contribution is 2.36. The van der Waals surface area contributed by atoms with Crippen molar-refractivity contribution in [2.24, 2.45) is 5.73 Å². The molecule has 0 radical (unpaired) electrons. The molecular formula is C18H15Cl2N3O. The van der Waals surface area contributed by atoms with Gasteiger partial charge in [-0.1, -0.05) is 47.0 Å². The Labute approximate surface area is 149 Å². The number of halogens is 2. The molecule has 6 heteroatoms. The molecule has 0 heterocycles. The van der Waals surface area contributed by atoms with Gasteiger partial charge in [0, 0.05) is 22.6 Å². The Kier molecular flexibility index (Phi) is 4.35. The van der Waals surface area contributed by atoms with Crippen LogP contribution in [0, 0.1) is 12.3 Å². The van der Waals surface area contributed by atoms with E-state index in [0.717, 1.165) is 16.7 Å². The van der Waals surface area contributed by atoms with Crippen molar-refractivity contribution < 1.29 is 4.79 Å². The van der Waals surface area contributed by atoms with E-state index in [1.165, 1.54) is 0 Å². The number of hydrogen-bond donors (Lipinski definition) is 3. The molecule has 0 bridgehead atoms. The zero-order chi connectivity index (χ0) is 17.4. The van der Waals surface area contributed by atoms with Gasteiger partial charge in [0.05, 0.1) is 16.4 Å². The largest absolute Gasteiger partial charge is 0.364 e. The standard InChI is InChI=1S/C18H15Cl2N3O/c1-9-2-4-12-10(6-9)7-13(16(21)18(22)24)17(12)23-15-5-3-11(19)8-14(15)20/h2-6,8,21,23H,7H2,1H3,(H2,22,24). The van der Waals surface area contributed by atoms with Crippen LogP contribution in [0.3, 0.4) is 0 Å². The summed E-state index contributed by atoms with van der Waals surface area (Å²) in [5.74, 6) is -0.754. The maximum Gasteiger partial charge on any atom is 0.266 e. The Morgan fingerprint density at radius 1 is 1.21 bits per heavy atom. The van der Waals surface area contributed by atoms with Crippen LogP contribution in [0.25, 0.3) is 5.70 Å². The van der Waals surface area contributed by atoms with Gasteiger partial charge < -0.3 is 11.1 Å². The molecule has 0 saturated heterocycles. The molecule has 4 nitrogen and oxygen atoms in total. The monoisotopic (exact) mass is 359 g/mol. The lowest BCUT2D eigenvalue weighted by atomic mass is 10.0. The van der Waals surface area contributed by atoms with E-state index in [1.807, 2.05) is 25.1 Å². The Morgan fingerprint density at radius 3 is 2.62 bits per heavy atom. The number of nitrogens with two attached hydrogens (primary N) is 1. The third kappa shape index (κ3) is 3.03. The van der Waals surface area contributed by atoms with Crippen LogP contribution in [-0.2, 0) is 11.2 Å². The lowest BCUT2D eigenvalue weighted by Crippen LogP contribution is -2.25. The predicted octanol–water partition coefficient (Wildman–Crippen LogP) is 4.19. The Balaban J connectivity index is 2.09. The molecule has 3 rings (SSSR count). The quantitative estimate of drug-likeness (QED) is 0.715. The molecule has 1 aliphatic carbocycles. The molecule has 2 aromatic rings. The van der Waals surface area contributed by atoms with Crippen molar-refractivity contribution in [3.63, 3.8) is 0 Å². The van der Waals surface area contributed by atoms with Crippen LogP contribution in [0.4, 0.5) is 5.69 Å². The van der Waals surface area contributed by atoms with Gasteiger partial charge in [-0.05, 0) is 30.7 Å². The van der Waals surface area contributed by atoms with Gasteiger partial charge in [-0.2, -0.15) is 0 Å². The summed E-state index contributed by atoms with van der Waals surface area (Å²) in [7, 11) is 0. The molecule has 0 spiro atoms. The molecule has 122 valence electrons. The molecule has 1 aliphatic rings. The fraction of sp³-hybridized carbons (Fsp3) is 0.111. The third-order valence-electron chi connectivity index (χ3n) is 3.94. The summed E-state index contributed by atoms with van der Waals surface area (Å²) in [4.78, 5) is 11.5. The van der Waals surface area contributed by atoms with E-state index in [0.29, 0.717) is 33.4 Å². The summed E-state index contributed by atoms with van der Waals surface area (Å²) in [6.45, 7) is 2.00. The highest BCUT2D eigenvalue weighted by Gasteiger charge is 2.27. The van der Waals surface area contributed by atoms with Gasteiger partial charge in [0.1, 0.15) is 5.71 Å². The van der Waals surface area contributed by atoms with Crippen LogP contribution in [0.2, 0.25) is 10.0 Å². The van der Waals surface area contributed by atoms with Crippen molar-refractivity contribution in [1.29, 1.82) is 5.41 Å². The molecule has 0 aliphatic heterocycles. The van der Waals surface area contributed by atoms with E-state index < -0.39 is 5.91 Å². The number of anilines is 1. The van der Waals surface area contributed by atoms with Crippen LogP contribution >= 0.6 is 23.2 Å². The molecule has 0 fully saturated rings. The Hall–Kier alpha value is -2.30. The number of carbonyl (C=O) groups excluding carboxylic acids is 1. The zero-order valence-electron chi connectivity index (χ0n) is 12.9. The van der Waals surface area contributed by atoms with Gasteiger partial charge in [0.25, 0.3) is 5.91 Å². The normalized spacial score (nSPS) is 13.0. The number of nitrogens with one attached hydrogen (secondary N) is 2. The van der Waals surface area contributed by atoms with Crippen molar-refractivity contribution in [1.82, 2.24) is 0 Å². The van der Waals surface area contributed by atoms with Gasteiger partial charge in [-0.3, -0.25) is 10.2 Å². The van der Waals surface area contributed by atoms with Crippen LogP contribution in [0.15, 0.2) is 42.0 Å². The average Bonchev–Trinajstić information content (AvgIpc) is 2.86. The van der Waals surface area contributed by atoms with Crippen molar-refractivity contribution in [3.8, 4) is 0 Å². The minimum atomic E-state index is -0.754. The summed E-state index contributed by atoms with van der Waals surface area (Å²) in [6.07, 6.45) is 0.479. The maximum absolute atomic E-state index is 11.5. The second kappa shape index (κ2) is 6.30. The first-order valence-electron chi connectivity index (χ1n) is 7.30. The van der Waals surface area contributed by atoms with Gasteiger partial charge in [0.15, 0.2) is 0 Å². The zero-order valence-corrected chi connectivity index (χ0v) is 14.4. The van der Waals surface area contributed by atoms with Gasteiger partial charge in [0.2, 0.25) is 0 Å². The number of rotatable bonds is 4. The first kappa shape index (κ1) is 16.6. The number of aryl methyl sites for hydroxylation is 1. The average molecular weight is 360 g/mol. The van der Waals surface area contributed by atoms with Crippen molar-refractivity contribution in [2.75, 3.05) is 5.32 Å². The molecule has 0 saturated carbocycles. The van der Waals surface area contributed by atoms with Crippen LogP contribution in [0.1, 0.15) is 16.7 Å². The second-order valence-corrected chi connectivity index (χ2v) is 6.52. The first-order valence-corrected chi connectivity index (χ1v) is 8.06. The summed E-state index contributed by atoms with van der Waals surface area (Å²) in [5.41, 5.74) is 10.1. The number of hydrogen-bond acceptors (Lipinski definition) is 3. The Morgan fingerprint density at radius 2 is 1.96 bits per heavy atom. The number of carbonyl (C=O) groups is 1. The summed E-state index contributed by atoms with van der Waals surface area (Å²) in [6, 6.07) is 11.1. The lowest BCUT2D eigenvalue weighted by molar-refractivity contribution is -0.112.